The first kappa shape index (κ1) is 16.7. The van der Waals surface area contributed by atoms with Gasteiger partial charge >= 0.3 is 0 Å². The summed E-state index contributed by atoms with van der Waals surface area (Å²) in [5.41, 5.74) is 0. The first-order valence-corrected chi connectivity index (χ1v) is 9.44. The molecule has 1 aromatic carbocycles. The number of hydrogen-bond donors (Lipinski definition) is 0. The van der Waals surface area contributed by atoms with Gasteiger partial charge < -0.3 is 14.2 Å². The topological polar surface area (TPSA) is 61.8 Å². The number of sulfone groups is 1. The number of hydrogen-bond acceptors (Lipinski definition) is 5. The molecule has 0 saturated heterocycles. The van der Waals surface area contributed by atoms with E-state index in [4.69, 9.17) is 14.2 Å². The van der Waals surface area contributed by atoms with Crippen LogP contribution in [0.4, 0.5) is 0 Å². The van der Waals surface area contributed by atoms with Gasteiger partial charge in [0.1, 0.15) is 18.0 Å². The van der Waals surface area contributed by atoms with Crippen LogP contribution in [0.15, 0.2) is 29.2 Å². The van der Waals surface area contributed by atoms with Gasteiger partial charge in [0.25, 0.3) is 0 Å². The van der Waals surface area contributed by atoms with Gasteiger partial charge in [-0.25, -0.2) is 8.42 Å². The SMILES string of the molecule is COCCOC1C(Br)CC1Oc1ccc(S(C)(=O)=O)cc1. The third-order valence-electron chi connectivity index (χ3n) is 3.32. The lowest BCUT2D eigenvalue weighted by atomic mass is 9.91. The molecule has 0 spiro atoms. The molecule has 1 fully saturated rings. The van der Waals surface area contributed by atoms with Crippen LogP contribution in [0.3, 0.4) is 0 Å². The lowest BCUT2D eigenvalue weighted by molar-refractivity contribution is -0.0865. The number of benzene rings is 1. The van der Waals surface area contributed by atoms with E-state index in [2.05, 4.69) is 15.9 Å². The fraction of sp³-hybridized carbons (Fsp3) is 0.571. The highest BCUT2D eigenvalue weighted by Crippen LogP contribution is 2.34. The van der Waals surface area contributed by atoms with E-state index in [1.165, 1.54) is 6.26 Å². The zero-order chi connectivity index (χ0) is 15.5. The summed E-state index contributed by atoms with van der Waals surface area (Å²) in [6, 6.07) is 6.44. The minimum Gasteiger partial charge on any atom is -0.488 e. The monoisotopic (exact) mass is 378 g/mol. The lowest BCUT2D eigenvalue weighted by Gasteiger charge is -2.40. The third-order valence-corrected chi connectivity index (χ3v) is 5.34. The molecular formula is C14H19BrO5S. The highest BCUT2D eigenvalue weighted by atomic mass is 79.9. The molecule has 1 aliphatic carbocycles. The van der Waals surface area contributed by atoms with E-state index in [0.29, 0.717) is 19.0 Å². The zero-order valence-electron chi connectivity index (χ0n) is 12.0. The summed E-state index contributed by atoms with van der Waals surface area (Å²) in [5, 5.41) is 0. The van der Waals surface area contributed by atoms with E-state index in [1.54, 1.807) is 31.4 Å². The van der Waals surface area contributed by atoms with Crippen molar-refractivity contribution in [2.24, 2.45) is 0 Å². The maximum absolute atomic E-state index is 11.4. The van der Waals surface area contributed by atoms with Gasteiger partial charge in [-0.05, 0) is 24.3 Å². The number of halogens is 1. The zero-order valence-corrected chi connectivity index (χ0v) is 14.4. The van der Waals surface area contributed by atoms with Crippen LogP contribution < -0.4 is 4.74 Å². The largest absolute Gasteiger partial charge is 0.488 e. The maximum Gasteiger partial charge on any atom is 0.175 e. The average Bonchev–Trinajstić information content (AvgIpc) is 2.42. The van der Waals surface area contributed by atoms with Gasteiger partial charge in [-0.15, -0.1) is 0 Å². The van der Waals surface area contributed by atoms with Crippen molar-refractivity contribution in [3.63, 3.8) is 0 Å². The van der Waals surface area contributed by atoms with Crippen LogP contribution in [0.1, 0.15) is 6.42 Å². The van der Waals surface area contributed by atoms with Gasteiger partial charge in [-0.1, -0.05) is 15.9 Å². The Balaban J connectivity index is 1.92. The molecule has 0 amide bonds. The normalized spacial score (nSPS) is 25.4. The molecule has 1 aromatic rings. The van der Waals surface area contributed by atoms with Gasteiger partial charge in [0, 0.05) is 24.6 Å². The van der Waals surface area contributed by atoms with E-state index >= 15 is 0 Å². The molecule has 1 saturated carbocycles. The van der Waals surface area contributed by atoms with Crippen LogP contribution in [0.5, 0.6) is 5.75 Å². The minimum atomic E-state index is -3.18. The number of ether oxygens (including phenoxy) is 3. The van der Waals surface area contributed by atoms with Crippen LogP contribution in [0, 0.1) is 0 Å². The van der Waals surface area contributed by atoms with Crippen molar-refractivity contribution in [2.75, 3.05) is 26.6 Å². The van der Waals surface area contributed by atoms with Crippen LogP contribution in [-0.4, -0.2) is 52.0 Å². The molecule has 0 radical (unpaired) electrons. The smallest absolute Gasteiger partial charge is 0.175 e. The second-order valence-corrected chi connectivity index (χ2v) is 8.17. The van der Waals surface area contributed by atoms with Crippen LogP contribution in [0.25, 0.3) is 0 Å². The molecule has 0 N–H and O–H groups in total. The quantitative estimate of drug-likeness (QED) is 0.536. The first-order valence-electron chi connectivity index (χ1n) is 6.63. The van der Waals surface area contributed by atoms with Crippen molar-refractivity contribution < 1.29 is 22.6 Å². The van der Waals surface area contributed by atoms with E-state index in [1.807, 2.05) is 0 Å². The Morgan fingerprint density at radius 1 is 1.24 bits per heavy atom. The van der Waals surface area contributed by atoms with Crippen molar-refractivity contribution in [1.82, 2.24) is 0 Å². The van der Waals surface area contributed by atoms with E-state index in [-0.39, 0.29) is 21.9 Å². The lowest BCUT2D eigenvalue weighted by Crippen LogP contribution is -2.52. The predicted molar refractivity (Wildman–Crippen MR) is 82.9 cm³/mol. The minimum absolute atomic E-state index is 0.0188. The molecule has 21 heavy (non-hydrogen) atoms. The standard InChI is InChI=1S/C14H19BrO5S/c1-18-7-8-19-14-12(15)9-13(14)20-10-3-5-11(6-4-10)21(2,16)17/h3-6,12-14H,7-9H2,1-2H3. The predicted octanol–water partition coefficient (Wildman–Crippen LogP) is 2.04. The van der Waals surface area contributed by atoms with Gasteiger partial charge in [0.2, 0.25) is 0 Å². The van der Waals surface area contributed by atoms with Crippen LogP contribution in [-0.2, 0) is 19.3 Å². The van der Waals surface area contributed by atoms with E-state index < -0.39 is 9.84 Å². The Morgan fingerprint density at radius 2 is 1.90 bits per heavy atom. The van der Waals surface area contributed by atoms with E-state index in [9.17, 15) is 8.42 Å². The molecule has 1 aliphatic rings. The summed E-state index contributed by atoms with van der Waals surface area (Å²) in [6.45, 7) is 1.07. The Kier molecular flexibility index (Phi) is 5.65. The molecule has 0 heterocycles. The number of methoxy groups -OCH3 is 1. The molecule has 0 bridgehead atoms. The Labute approximate surface area is 133 Å². The molecule has 118 valence electrons. The van der Waals surface area contributed by atoms with Crippen molar-refractivity contribution in [2.45, 2.75) is 28.4 Å². The van der Waals surface area contributed by atoms with Gasteiger partial charge in [0.05, 0.1) is 18.1 Å². The van der Waals surface area contributed by atoms with Gasteiger partial charge in [-0.2, -0.15) is 0 Å². The summed E-state index contributed by atoms with van der Waals surface area (Å²) in [5.74, 6) is 0.646. The second-order valence-electron chi connectivity index (χ2n) is 4.98. The Morgan fingerprint density at radius 3 is 2.43 bits per heavy atom. The Bertz CT molecular complexity index is 557. The molecule has 5 nitrogen and oxygen atoms in total. The third kappa shape index (κ3) is 4.42. The van der Waals surface area contributed by atoms with Crippen molar-refractivity contribution in [3.05, 3.63) is 24.3 Å². The average molecular weight is 379 g/mol. The van der Waals surface area contributed by atoms with Crippen molar-refractivity contribution in [1.29, 1.82) is 0 Å². The summed E-state index contributed by atoms with van der Waals surface area (Å²) in [4.78, 5) is 0.560. The number of rotatable bonds is 7. The summed E-state index contributed by atoms with van der Waals surface area (Å²) in [7, 11) is -1.54. The molecule has 7 heteroatoms. The van der Waals surface area contributed by atoms with E-state index in [0.717, 1.165) is 6.42 Å². The molecule has 3 atom stereocenters. The fourth-order valence-electron chi connectivity index (χ4n) is 2.06. The van der Waals surface area contributed by atoms with Crippen LogP contribution >= 0.6 is 15.9 Å². The first-order chi connectivity index (χ1) is 9.91. The van der Waals surface area contributed by atoms with Crippen molar-refractivity contribution in [3.8, 4) is 5.75 Å². The number of alkyl halides is 1. The second kappa shape index (κ2) is 7.09. The highest BCUT2D eigenvalue weighted by Gasteiger charge is 2.42. The molecule has 3 unspecified atom stereocenters. The maximum atomic E-state index is 11.4. The van der Waals surface area contributed by atoms with Gasteiger partial charge in [0.15, 0.2) is 9.84 Å². The summed E-state index contributed by atoms with van der Waals surface area (Å²) >= 11 is 3.55. The Hall–Kier alpha value is -0.630. The molecular weight excluding hydrogens is 360 g/mol. The fourth-order valence-corrected chi connectivity index (χ4v) is 3.55. The summed E-state index contributed by atoms with van der Waals surface area (Å²) < 4.78 is 39.3. The molecule has 2 rings (SSSR count). The van der Waals surface area contributed by atoms with Crippen LogP contribution in [0.2, 0.25) is 0 Å². The highest BCUT2D eigenvalue weighted by molar-refractivity contribution is 9.09. The van der Waals surface area contributed by atoms with Gasteiger partial charge in [-0.3, -0.25) is 0 Å². The molecule has 0 aromatic heterocycles. The summed E-state index contributed by atoms with van der Waals surface area (Å²) in [6.07, 6.45) is 1.99. The van der Waals surface area contributed by atoms with Crippen molar-refractivity contribution >= 4 is 25.8 Å². The molecule has 0 aliphatic heterocycles.